The number of halogens is 1. The predicted octanol–water partition coefficient (Wildman–Crippen LogP) is 1.92. The summed E-state index contributed by atoms with van der Waals surface area (Å²) in [4.78, 5) is 9.61. The van der Waals surface area contributed by atoms with Gasteiger partial charge in [0, 0.05) is 50.5 Å². The first-order chi connectivity index (χ1) is 12.3. The number of hydrogen-bond donors (Lipinski definition) is 2. The first-order valence-electron chi connectivity index (χ1n) is 9.75. The van der Waals surface area contributed by atoms with Crippen LogP contribution in [0.4, 0.5) is 0 Å². The van der Waals surface area contributed by atoms with Crippen molar-refractivity contribution in [3.63, 3.8) is 0 Å². The van der Waals surface area contributed by atoms with Crippen LogP contribution < -0.4 is 10.6 Å². The highest BCUT2D eigenvalue weighted by Crippen LogP contribution is 2.19. The molecule has 1 aromatic rings. The number of hydrogen-bond acceptors (Lipinski definition) is 4. The number of nitrogens with one attached hydrogen (secondary N) is 2. The fraction of sp³-hybridized carbons (Fsp3) is 0.789. The number of aromatic nitrogens is 2. The van der Waals surface area contributed by atoms with Crippen LogP contribution in [0.3, 0.4) is 0 Å². The first-order valence-corrected chi connectivity index (χ1v) is 9.75. The van der Waals surface area contributed by atoms with Gasteiger partial charge in [0.2, 0.25) is 0 Å². The fourth-order valence-corrected chi connectivity index (χ4v) is 3.47. The third-order valence-electron chi connectivity index (χ3n) is 5.19. The van der Waals surface area contributed by atoms with Crippen LogP contribution in [-0.4, -0.2) is 77.9 Å². The maximum Gasteiger partial charge on any atom is 0.191 e. The molecular formula is C19H38IN7. The molecule has 1 aliphatic heterocycles. The van der Waals surface area contributed by atoms with E-state index in [9.17, 15) is 0 Å². The third-order valence-corrected chi connectivity index (χ3v) is 5.19. The summed E-state index contributed by atoms with van der Waals surface area (Å²) < 4.78 is 1.85. The Bertz CT molecular complexity index is 584. The summed E-state index contributed by atoms with van der Waals surface area (Å²) in [6.07, 6.45) is 4.00. The molecule has 27 heavy (non-hydrogen) atoms. The van der Waals surface area contributed by atoms with E-state index in [2.05, 4.69) is 73.5 Å². The highest BCUT2D eigenvalue weighted by atomic mass is 127. The van der Waals surface area contributed by atoms with Gasteiger partial charge in [-0.1, -0.05) is 6.92 Å². The van der Waals surface area contributed by atoms with E-state index in [1.54, 1.807) is 0 Å². The molecule has 0 saturated carbocycles. The van der Waals surface area contributed by atoms with Gasteiger partial charge in [-0.3, -0.25) is 14.6 Å². The Hall–Kier alpha value is -0.870. The molecule has 2 N–H and O–H groups in total. The molecule has 0 bridgehead atoms. The van der Waals surface area contributed by atoms with Crippen LogP contribution in [-0.2, 0) is 7.05 Å². The zero-order valence-corrected chi connectivity index (χ0v) is 20.3. The Labute approximate surface area is 182 Å². The Morgan fingerprint density at radius 3 is 2.56 bits per heavy atom. The van der Waals surface area contributed by atoms with E-state index in [1.807, 2.05) is 17.9 Å². The maximum atomic E-state index is 4.89. The lowest BCUT2D eigenvalue weighted by Crippen LogP contribution is -2.47. The van der Waals surface area contributed by atoms with E-state index in [1.165, 1.54) is 5.56 Å². The zero-order chi connectivity index (χ0) is 19.3. The van der Waals surface area contributed by atoms with Gasteiger partial charge in [0.15, 0.2) is 5.96 Å². The monoisotopic (exact) mass is 491 g/mol. The maximum absolute atomic E-state index is 4.89. The lowest BCUT2D eigenvalue weighted by molar-refractivity contribution is 0.265. The molecule has 1 saturated heterocycles. The zero-order valence-electron chi connectivity index (χ0n) is 17.9. The van der Waals surface area contributed by atoms with Crippen molar-refractivity contribution in [1.29, 1.82) is 0 Å². The second-order valence-electron chi connectivity index (χ2n) is 7.92. The van der Waals surface area contributed by atoms with Crippen molar-refractivity contribution in [2.75, 3.05) is 40.3 Å². The smallest absolute Gasteiger partial charge is 0.191 e. The van der Waals surface area contributed by atoms with Crippen LogP contribution in [0.5, 0.6) is 0 Å². The van der Waals surface area contributed by atoms with E-state index in [0.717, 1.165) is 25.6 Å². The van der Waals surface area contributed by atoms with Crippen LogP contribution in [0.15, 0.2) is 17.4 Å². The van der Waals surface area contributed by atoms with Crippen molar-refractivity contribution in [3.8, 4) is 0 Å². The average Bonchev–Trinajstić information content (AvgIpc) is 3.14. The number of aryl methyl sites for hydroxylation is 1. The summed E-state index contributed by atoms with van der Waals surface area (Å²) in [7, 11) is 6.13. The lowest BCUT2D eigenvalue weighted by Gasteiger charge is -2.24. The summed E-state index contributed by atoms with van der Waals surface area (Å²) in [5.41, 5.74) is 1.19. The number of nitrogens with zero attached hydrogens (tertiary/aromatic N) is 5. The van der Waals surface area contributed by atoms with Gasteiger partial charge in [-0.25, -0.2) is 0 Å². The molecule has 3 atom stereocenters. The summed E-state index contributed by atoms with van der Waals surface area (Å²) in [5, 5.41) is 11.4. The molecule has 8 heteroatoms. The Morgan fingerprint density at radius 1 is 1.37 bits per heavy atom. The molecule has 3 unspecified atom stereocenters. The molecular weight excluding hydrogens is 453 g/mol. The number of likely N-dealkylation sites (N-methyl/N-ethyl adjacent to an activating group) is 1. The Kier molecular flexibility index (Phi) is 10.0. The van der Waals surface area contributed by atoms with Crippen LogP contribution in [0.1, 0.15) is 39.3 Å². The van der Waals surface area contributed by atoms with E-state index in [-0.39, 0.29) is 30.0 Å². The van der Waals surface area contributed by atoms with Gasteiger partial charge in [-0.15, -0.1) is 24.0 Å². The van der Waals surface area contributed by atoms with E-state index >= 15 is 0 Å². The highest BCUT2D eigenvalue weighted by molar-refractivity contribution is 14.0. The quantitative estimate of drug-likeness (QED) is 0.347. The molecule has 156 valence electrons. The molecule has 2 rings (SSSR count). The minimum Gasteiger partial charge on any atom is -0.357 e. The summed E-state index contributed by atoms with van der Waals surface area (Å²) in [6.45, 7) is 12.7. The summed E-state index contributed by atoms with van der Waals surface area (Å²) in [6, 6.07) is 1.24. The summed E-state index contributed by atoms with van der Waals surface area (Å²) in [5.74, 6) is 1.52. The van der Waals surface area contributed by atoms with Crippen molar-refractivity contribution < 1.29 is 0 Å². The van der Waals surface area contributed by atoms with Crippen molar-refractivity contribution in [2.24, 2.45) is 18.0 Å². The van der Waals surface area contributed by atoms with Gasteiger partial charge < -0.3 is 15.5 Å². The Balaban J connectivity index is 0.00000364. The van der Waals surface area contributed by atoms with Gasteiger partial charge >= 0.3 is 0 Å². The molecule has 1 aliphatic rings. The van der Waals surface area contributed by atoms with Crippen LogP contribution in [0, 0.1) is 5.92 Å². The van der Waals surface area contributed by atoms with Gasteiger partial charge in [0.1, 0.15) is 0 Å². The van der Waals surface area contributed by atoms with Crippen molar-refractivity contribution in [3.05, 3.63) is 18.0 Å². The number of aliphatic imine (C=N–C) groups is 1. The van der Waals surface area contributed by atoms with Gasteiger partial charge in [0.25, 0.3) is 0 Å². The SMILES string of the molecule is CCNC(=NCC(c1cnn(C)c1)N(C)C)NC1CN(C(C)C)CC1C.I. The molecule has 0 aromatic carbocycles. The van der Waals surface area contributed by atoms with Gasteiger partial charge in [-0.2, -0.15) is 5.10 Å². The summed E-state index contributed by atoms with van der Waals surface area (Å²) >= 11 is 0. The lowest BCUT2D eigenvalue weighted by atomic mass is 10.1. The molecule has 1 fully saturated rings. The standard InChI is InChI=1S/C19H37N7.HI/c1-8-20-19(23-17-13-26(14(2)3)11-15(17)4)21-10-18(24(5)6)16-9-22-25(7)12-16;/h9,12,14-15,17-18H,8,10-11,13H2,1-7H3,(H2,20,21,23);1H. The van der Waals surface area contributed by atoms with E-state index < -0.39 is 0 Å². The van der Waals surface area contributed by atoms with Crippen LogP contribution in [0.25, 0.3) is 0 Å². The molecule has 2 heterocycles. The normalized spacial score (nSPS) is 22.2. The van der Waals surface area contributed by atoms with Crippen molar-refractivity contribution >= 4 is 29.9 Å². The molecule has 0 radical (unpaired) electrons. The molecule has 7 nitrogen and oxygen atoms in total. The average molecular weight is 491 g/mol. The van der Waals surface area contributed by atoms with Gasteiger partial charge in [-0.05, 0) is 40.8 Å². The van der Waals surface area contributed by atoms with E-state index in [0.29, 0.717) is 24.5 Å². The number of guanidine groups is 1. The van der Waals surface area contributed by atoms with Crippen molar-refractivity contribution in [2.45, 2.75) is 45.8 Å². The van der Waals surface area contributed by atoms with Crippen LogP contribution >= 0.6 is 24.0 Å². The molecule has 0 aliphatic carbocycles. The van der Waals surface area contributed by atoms with Crippen LogP contribution in [0.2, 0.25) is 0 Å². The molecule has 0 amide bonds. The minimum absolute atomic E-state index is 0. The third kappa shape index (κ3) is 6.90. The molecule has 0 spiro atoms. The second-order valence-corrected chi connectivity index (χ2v) is 7.92. The predicted molar refractivity (Wildman–Crippen MR) is 124 cm³/mol. The second kappa shape index (κ2) is 11.2. The fourth-order valence-electron chi connectivity index (χ4n) is 3.47. The molecule has 1 aromatic heterocycles. The van der Waals surface area contributed by atoms with E-state index in [4.69, 9.17) is 4.99 Å². The first kappa shape index (κ1) is 24.2. The Morgan fingerprint density at radius 2 is 2.07 bits per heavy atom. The van der Waals surface area contributed by atoms with Crippen molar-refractivity contribution in [1.82, 2.24) is 30.2 Å². The minimum atomic E-state index is 0. The number of likely N-dealkylation sites (tertiary alicyclic amines) is 1. The topological polar surface area (TPSA) is 60.7 Å². The highest BCUT2D eigenvalue weighted by Gasteiger charge is 2.31. The van der Waals surface area contributed by atoms with Gasteiger partial charge in [0.05, 0.1) is 18.8 Å². The largest absolute Gasteiger partial charge is 0.357 e. The number of rotatable bonds is 7.